The predicted molar refractivity (Wildman–Crippen MR) is 76.5 cm³/mol. The Kier molecular flexibility index (Phi) is 4.11. The van der Waals surface area contributed by atoms with E-state index in [1.807, 2.05) is 42.5 Å². The van der Waals surface area contributed by atoms with Gasteiger partial charge in [0.05, 0.1) is 12.8 Å². The average molecular weight is 262 g/mol. The largest absolute Gasteiger partial charge is 0.495 e. The number of halogens is 1. The van der Waals surface area contributed by atoms with Gasteiger partial charge in [-0.1, -0.05) is 29.8 Å². The Bertz CT molecular complexity index is 540. The third-order valence-electron chi connectivity index (χ3n) is 2.88. The minimum atomic E-state index is 0.753. The highest BCUT2D eigenvalue weighted by Gasteiger charge is 2.03. The van der Waals surface area contributed by atoms with Crippen molar-refractivity contribution >= 4 is 17.3 Å². The number of anilines is 1. The van der Waals surface area contributed by atoms with Crippen LogP contribution in [0.5, 0.6) is 5.75 Å². The molecule has 2 rings (SSSR count). The van der Waals surface area contributed by atoms with E-state index >= 15 is 0 Å². The van der Waals surface area contributed by atoms with Crippen LogP contribution in [-0.4, -0.2) is 7.11 Å². The molecule has 0 radical (unpaired) electrons. The first-order chi connectivity index (χ1) is 8.70. The molecule has 0 saturated carbocycles. The van der Waals surface area contributed by atoms with E-state index in [0.717, 1.165) is 23.0 Å². The summed E-state index contributed by atoms with van der Waals surface area (Å²) in [5.74, 6) is 0.851. The van der Waals surface area contributed by atoms with E-state index in [2.05, 4.69) is 12.2 Å². The van der Waals surface area contributed by atoms with Gasteiger partial charge < -0.3 is 10.1 Å². The topological polar surface area (TPSA) is 21.3 Å². The fourth-order valence-electron chi connectivity index (χ4n) is 1.84. The van der Waals surface area contributed by atoms with Gasteiger partial charge in [-0.05, 0) is 42.3 Å². The van der Waals surface area contributed by atoms with Crippen molar-refractivity contribution in [2.75, 3.05) is 12.4 Å². The summed E-state index contributed by atoms with van der Waals surface area (Å²) in [5, 5.41) is 4.14. The normalized spacial score (nSPS) is 10.2. The highest BCUT2D eigenvalue weighted by atomic mass is 35.5. The third-order valence-corrected chi connectivity index (χ3v) is 3.12. The fraction of sp³-hybridized carbons (Fsp3) is 0.200. The number of hydrogen-bond donors (Lipinski definition) is 1. The van der Waals surface area contributed by atoms with Crippen molar-refractivity contribution in [3.63, 3.8) is 0 Å². The molecule has 0 bridgehead atoms. The maximum Gasteiger partial charge on any atom is 0.141 e. The molecular weight excluding hydrogens is 246 g/mol. The number of nitrogens with one attached hydrogen (secondary N) is 1. The van der Waals surface area contributed by atoms with E-state index in [1.165, 1.54) is 11.1 Å². The number of ether oxygens (including phenoxy) is 1. The number of hydrogen-bond acceptors (Lipinski definition) is 2. The highest BCUT2D eigenvalue weighted by Crippen LogP contribution is 2.24. The van der Waals surface area contributed by atoms with Gasteiger partial charge in [0.15, 0.2) is 0 Å². The van der Waals surface area contributed by atoms with Crippen molar-refractivity contribution in [1.29, 1.82) is 0 Å². The molecule has 0 saturated heterocycles. The Hall–Kier alpha value is -1.67. The maximum atomic E-state index is 5.94. The molecule has 18 heavy (non-hydrogen) atoms. The molecule has 0 spiro atoms. The molecule has 0 aliphatic heterocycles. The molecule has 0 heterocycles. The molecular formula is C15H16ClNO. The number of benzene rings is 2. The summed E-state index contributed by atoms with van der Waals surface area (Å²) in [6.45, 7) is 2.81. The SMILES string of the molecule is COc1ccccc1NCc1ccc(Cl)cc1C. The summed E-state index contributed by atoms with van der Waals surface area (Å²) < 4.78 is 5.30. The number of rotatable bonds is 4. The van der Waals surface area contributed by atoms with Gasteiger partial charge in [-0.15, -0.1) is 0 Å². The molecule has 2 aromatic rings. The Morgan fingerprint density at radius 1 is 1.17 bits per heavy atom. The maximum absolute atomic E-state index is 5.94. The summed E-state index contributed by atoms with van der Waals surface area (Å²) in [7, 11) is 1.67. The van der Waals surface area contributed by atoms with Crippen LogP contribution in [0.15, 0.2) is 42.5 Å². The van der Waals surface area contributed by atoms with E-state index in [-0.39, 0.29) is 0 Å². The summed E-state index contributed by atoms with van der Waals surface area (Å²) >= 11 is 5.94. The Balaban J connectivity index is 2.11. The second-order valence-electron chi connectivity index (χ2n) is 4.12. The zero-order valence-electron chi connectivity index (χ0n) is 10.5. The van der Waals surface area contributed by atoms with Crippen LogP contribution in [0.4, 0.5) is 5.69 Å². The first kappa shape index (κ1) is 12.8. The van der Waals surface area contributed by atoms with Crippen LogP contribution >= 0.6 is 11.6 Å². The molecule has 0 aliphatic rings. The molecule has 0 atom stereocenters. The molecule has 2 nitrogen and oxygen atoms in total. The van der Waals surface area contributed by atoms with Crippen LogP contribution in [-0.2, 0) is 6.54 Å². The van der Waals surface area contributed by atoms with E-state index < -0.39 is 0 Å². The van der Waals surface area contributed by atoms with Gasteiger partial charge >= 0.3 is 0 Å². The summed E-state index contributed by atoms with van der Waals surface area (Å²) in [6, 6.07) is 13.8. The Morgan fingerprint density at radius 3 is 2.67 bits per heavy atom. The van der Waals surface area contributed by atoms with Crippen molar-refractivity contribution in [3.05, 3.63) is 58.6 Å². The smallest absolute Gasteiger partial charge is 0.141 e. The molecule has 1 N–H and O–H groups in total. The zero-order valence-corrected chi connectivity index (χ0v) is 11.3. The van der Waals surface area contributed by atoms with Gasteiger partial charge in [-0.2, -0.15) is 0 Å². The van der Waals surface area contributed by atoms with Crippen molar-refractivity contribution < 1.29 is 4.74 Å². The molecule has 0 fully saturated rings. The van der Waals surface area contributed by atoms with Crippen molar-refractivity contribution in [2.24, 2.45) is 0 Å². The van der Waals surface area contributed by atoms with Crippen LogP contribution in [0.3, 0.4) is 0 Å². The van der Waals surface area contributed by atoms with Crippen molar-refractivity contribution in [1.82, 2.24) is 0 Å². The number of para-hydroxylation sites is 2. The Morgan fingerprint density at radius 2 is 1.94 bits per heavy atom. The van der Waals surface area contributed by atoms with Crippen LogP contribution in [0, 0.1) is 6.92 Å². The number of aryl methyl sites for hydroxylation is 1. The van der Waals surface area contributed by atoms with Gasteiger partial charge in [-0.25, -0.2) is 0 Å². The lowest BCUT2D eigenvalue weighted by Crippen LogP contribution is -2.02. The van der Waals surface area contributed by atoms with Crippen molar-refractivity contribution in [3.8, 4) is 5.75 Å². The zero-order chi connectivity index (χ0) is 13.0. The van der Waals surface area contributed by atoms with Gasteiger partial charge in [-0.3, -0.25) is 0 Å². The molecule has 0 aromatic heterocycles. The van der Waals surface area contributed by atoms with Gasteiger partial charge in [0, 0.05) is 11.6 Å². The predicted octanol–water partition coefficient (Wildman–Crippen LogP) is 4.27. The standard InChI is InChI=1S/C15H16ClNO/c1-11-9-13(16)8-7-12(11)10-17-14-5-3-4-6-15(14)18-2/h3-9,17H,10H2,1-2H3. The van der Waals surface area contributed by atoms with Crippen molar-refractivity contribution in [2.45, 2.75) is 13.5 Å². The van der Waals surface area contributed by atoms with E-state index in [1.54, 1.807) is 7.11 Å². The lowest BCUT2D eigenvalue weighted by atomic mass is 10.1. The summed E-state index contributed by atoms with van der Waals surface area (Å²) in [6.07, 6.45) is 0. The van der Waals surface area contributed by atoms with Crippen LogP contribution < -0.4 is 10.1 Å². The molecule has 0 amide bonds. The minimum absolute atomic E-state index is 0.753. The quantitative estimate of drug-likeness (QED) is 0.888. The van der Waals surface area contributed by atoms with Gasteiger partial charge in [0.2, 0.25) is 0 Å². The fourth-order valence-corrected chi connectivity index (χ4v) is 2.07. The molecule has 3 heteroatoms. The van der Waals surface area contributed by atoms with Gasteiger partial charge in [0.25, 0.3) is 0 Å². The summed E-state index contributed by atoms with van der Waals surface area (Å²) in [5.41, 5.74) is 3.41. The first-order valence-electron chi connectivity index (χ1n) is 5.82. The molecule has 94 valence electrons. The van der Waals surface area contributed by atoms with Crippen LogP contribution in [0.1, 0.15) is 11.1 Å². The molecule has 0 unspecified atom stereocenters. The minimum Gasteiger partial charge on any atom is -0.495 e. The van der Waals surface area contributed by atoms with E-state index in [9.17, 15) is 0 Å². The van der Waals surface area contributed by atoms with Crippen LogP contribution in [0.25, 0.3) is 0 Å². The monoisotopic (exact) mass is 261 g/mol. The van der Waals surface area contributed by atoms with Crippen LogP contribution in [0.2, 0.25) is 5.02 Å². The van der Waals surface area contributed by atoms with Gasteiger partial charge in [0.1, 0.15) is 5.75 Å². The number of methoxy groups -OCH3 is 1. The summed E-state index contributed by atoms with van der Waals surface area (Å²) in [4.78, 5) is 0. The third kappa shape index (κ3) is 2.96. The molecule has 0 aliphatic carbocycles. The lowest BCUT2D eigenvalue weighted by Gasteiger charge is -2.12. The first-order valence-corrected chi connectivity index (χ1v) is 6.20. The second-order valence-corrected chi connectivity index (χ2v) is 4.56. The molecule has 2 aromatic carbocycles. The average Bonchev–Trinajstić information content (AvgIpc) is 2.38. The highest BCUT2D eigenvalue weighted by molar-refractivity contribution is 6.30. The second kappa shape index (κ2) is 5.78. The van der Waals surface area contributed by atoms with E-state index in [4.69, 9.17) is 16.3 Å². The lowest BCUT2D eigenvalue weighted by molar-refractivity contribution is 0.416. The Labute approximate surface area is 113 Å². The van der Waals surface area contributed by atoms with E-state index in [0.29, 0.717) is 0 Å².